The lowest BCUT2D eigenvalue weighted by atomic mass is 10.3. The molecule has 0 bridgehead atoms. The Hall–Kier alpha value is -1.66. The summed E-state index contributed by atoms with van der Waals surface area (Å²) in [7, 11) is 0. The Morgan fingerprint density at radius 1 is 1.42 bits per heavy atom. The van der Waals surface area contributed by atoms with Crippen molar-refractivity contribution < 1.29 is 9.66 Å². The third kappa shape index (κ3) is 3.02. The van der Waals surface area contributed by atoms with Crippen molar-refractivity contribution in [2.75, 3.05) is 0 Å². The zero-order valence-corrected chi connectivity index (χ0v) is 12.1. The molecule has 0 fully saturated rings. The lowest BCUT2D eigenvalue weighted by Crippen LogP contribution is -1.94. The first-order valence-corrected chi connectivity index (χ1v) is 6.39. The highest BCUT2D eigenvalue weighted by Crippen LogP contribution is 2.37. The fourth-order valence-electron chi connectivity index (χ4n) is 1.43. The van der Waals surface area contributed by atoms with Gasteiger partial charge < -0.3 is 4.74 Å². The Morgan fingerprint density at radius 3 is 2.84 bits per heavy atom. The highest BCUT2D eigenvalue weighted by atomic mass is 79.9. The molecule has 98 valence electrons. The Bertz CT molecular complexity index is 649. The molecule has 1 heterocycles. The first-order chi connectivity index (χ1) is 8.99. The summed E-state index contributed by atoms with van der Waals surface area (Å²) in [6.45, 7) is 1.81. The SMILES string of the molecule is Cc1cnc(Cl)cc1Oc1cccc([N+](=O)[O-])c1Br. The summed E-state index contributed by atoms with van der Waals surface area (Å²) in [6, 6.07) is 6.13. The van der Waals surface area contributed by atoms with Gasteiger partial charge in [-0.1, -0.05) is 17.7 Å². The molecule has 5 nitrogen and oxygen atoms in total. The molecular weight excluding hydrogens is 336 g/mol. The van der Waals surface area contributed by atoms with E-state index in [0.717, 1.165) is 5.56 Å². The van der Waals surface area contributed by atoms with Gasteiger partial charge >= 0.3 is 0 Å². The van der Waals surface area contributed by atoms with Gasteiger partial charge in [0.05, 0.1) is 4.92 Å². The van der Waals surface area contributed by atoms with Crippen molar-refractivity contribution in [2.45, 2.75) is 6.92 Å². The monoisotopic (exact) mass is 342 g/mol. The minimum atomic E-state index is -0.483. The molecule has 0 aliphatic heterocycles. The number of rotatable bonds is 3. The lowest BCUT2D eigenvalue weighted by molar-refractivity contribution is -0.385. The Morgan fingerprint density at radius 2 is 2.16 bits per heavy atom. The minimum Gasteiger partial charge on any atom is -0.455 e. The molecule has 0 aliphatic rings. The molecule has 1 aromatic carbocycles. The van der Waals surface area contributed by atoms with E-state index in [-0.39, 0.29) is 10.2 Å². The number of pyridine rings is 1. The largest absolute Gasteiger partial charge is 0.455 e. The molecule has 0 aliphatic carbocycles. The molecule has 2 aromatic rings. The van der Waals surface area contributed by atoms with Crippen LogP contribution >= 0.6 is 27.5 Å². The van der Waals surface area contributed by atoms with E-state index in [4.69, 9.17) is 16.3 Å². The number of nitro benzene ring substituents is 1. The van der Waals surface area contributed by atoms with Gasteiger partial charge in [0.25, 0.3) is 5.69 Å². The highest BCUT2D eigenvalue weighted by Gasteiger charge is 2.17. The average molecular weight is 344 g/mol. The first kappa shape index (κ1) is 13.8. The van der Waals surface area contributed by atoms with Crippen molar-refractivity contribution in [3.8, 4) is 11.5 Å². The molecule has 7 heteroatoms. The van der Waals surface area contributed by atoms with Crippen LogP contribution in [0.4, 0.5) is 5.69 Å². The van der Waals surface area contributed by atoms with Gasteiger partial charge in [-0.2, -0.15) is 0 Å². The minimum absolute atomic E-state index is 0.0599. The molecule has 0 saturated carbocycles. The average Bonchev–Trinajstić information content (AvgIpc) is 2.36. The van der Waals surface area contributed by atoms with Gasteiger partial charge in [-0.25, -0.2) is 4.98 Å². The molecular formula is C12H8BrClN2O3. The van der Waals surface area contributed by atoms with E-state index in [1.54, 1.807) is 24.4 Å². The number of ether oxygens (including phenoxy) is 1. The van der Waals surface area contributed by atoms with Crippen LogP contribution in [0.15, 0.2) is 34.9 Å². The predicted octanol–water partition coefficient (Wildman–Crippen LogP) is 4.51. The van der Waals surface area contributed by atoms with Crippen molar-refractivity contribution in [1.82, 2.24) is 4.98 Å². The second kappa shape index (κ2) is 5.54. The third-order valence-electron chi connectivity index (χ3n) is 2.38. The van der Waals surface area contributed by atoms with Crippen LogP contribution in [0.2, 0.25) is 5.15 Å². The maximum atomic E-state index is 10.8. The number of nitrogens with zero attached hydrogens (tertiary/aromatic N) is 2. The standard InChI is InChI=1S/C12H8BrClN2O3/c1-7-6-15-11(14)5-10(7)19-9-4-2-3-8(12(9)13)16(17)18/h2-6H,1H3. The van der Waals surface area contributed by atoms with Crippen LogP contribution in [-0.2, 0) is 0 Å². The smallest absolute Gasteiger partial charge is 0.287 e. The Labute approximate surface area is 122 Å². The lowest BCUT2D eigenvalue weighted by Gasteiger charge is -2.10. The normalized spacial score (nSPS) is 10.3. The second-order valence-electron chi connectivity index (χ2n) is 3.72. The van der Waals surface area contributed by atoms with Gasteiger partial charge in [0, 0.05) is 23.9 Å². The van der Waals surface area contributed by atoms with Gasteiger partial charge in [-0.05, 0) is 28.9 Å². The van der Waals surface area contributed by atoms with Gasteiger partial charge in [-0.15, -0.1) is 0 Å². The van der Waals surface area contributed by atoms with Crippen LogP contribution in [-0.4, -0.2) is 9.91 Å². The Kier molecular flexibility index (Phi) is 4.01. The van der Waals surface area contributed by atoms with E-state index in [2.05, 4.69) is 20.9 Å². The van der Waals surface area contributed by atoms with Gasteiger partial charge in [0.2, 0.25) is 0 Å². The summed E-state index contributed by atoms with van der Waals surface area (Å²) in [4.78, 5) is 14.3. The van der Waals surface area contributed by atoms with E-state index in [1.165, 1.54) is 6.07 Å². The fourth-order valence-corrected chi connectivity index (χ4v) is 2.07. The summed E-state index contributed by atoms with van der Waals surface area (Å²) in [5.74, 6) is 0.848. The van der Waals surface area contributed by atoms with Gasteiger partial charge in [-0.3, -0.25) is 10.1 Å². The zero-order valence-electron chi connectivity index (χ0n) is 9.76. The third-order valence-corrected chi connectivity index (χ3v) is 3.38. The van der Waals surface area contributed by atoms with Crippen molar-refractivity contribution in [3.05, 3.63) is 55.8 Å². The van der Waals surface area contributed by atoms with Gasteiger partial charge in [0.1, 0.15) is 21.1 Å². The van der Waals surface area contributed by atoms with E-state index in [1.807, 2.05) is 6.92 Å². The van der Waals surface area contributed by atoms with Crippen LogP contribution in [0.5, 0.6) is 11.5 Å². The number of benzene rings is 1. The topological polar surface area (TPSA) is 65.3 Å². The molecule has 0 spiro atoms. The van der Waals surface area contributed by atoms with Crippen LogP contribution in [0.25, 0.3) is 0 Å². The predicted molar refractivity (Wildman–Crippen MR) is 74.9 cm³/mol. The van der Waals surface area contributed by atoms with Crippen LogP contribution < -0.4 is 4.74 Å². The quantitative estimate of drug-likeness (QED) is 0.467. The summed E-state index contributed by atoms with van der Waals surface area (Å²) in [5, 5.41) is 11.1. The first-order valence-electron chi connectivity index (χ1n) is 5.22. The van der Waals surface area contributed by atoms with Crippen LogP contribution in [0.1, 0.15) is 5.56 Å². The fraction of sp³-hybridized carbons (Fsp3) is 0.0833. The maximum Gasteiger partial charge on any atom is 0.287 e. The molecule has 0 radical (unpaired) electrons. The van der Waals surface area contributed by atoms with Crippen molar-refractivity contribution in [1.29, 1.82) is 0 Å². The summed E-state index contributed by atoms with van der Waals surface area (Å²) in [6.07, 6.45) is 1.57. The maximum absolute atomic E-state index is 10.8. The van der Waals surface area contributed by atoms with Crippen molar-refractivity contribution >= 4 is 33.2 Å². The number of aromatic nitrogens is 1. The van der Waals surface area contributed by atoms with E-state index < -0.39 is 4.92 Å². The number of hydrogen-bond acceptors (Lipinski definition) is 4. The molecule has 2 rings (SSSR count). The van der Waals surface area contributed by atoms with E-state index >= 15 is 0 Å². The molecule has 0 unspecified atom stereocenters. The van der Waals surface area contributed by atoms with Crippen LogP contribution in [0.3, 0.4) is 0 Å². The molecule has 1 aromatic heterocycles. The number of aryl methyl sites for hydroxylation is 1. The van der Waals surface area contributed by atoms with Crippen LogP contribution in [0, 0.1) is 17.0 Å². The van der Waals surface area contributed by atoms with Crippen molar-refractivity contribution in [2.24, 2.45) is 0 Å². The molecule has 0 atom stereocenters. The summed E-state index contributed by atoms with van der Waals surface area (Å²) >= 11 is 8.96. The zero-order chi connectivity index (χ0) is 14.0. The van der Waals surface area contributed by atoms with Crippen molar-refractivity contribution in [3.63, 3.8) is 0 Å². The number of halogens is 2. The number of nitro groups is 1. The summed E-state index contributed by atoms with van der Waals surface area (Å²) < 4.78 is 5.92. The van der Waals surface area contributed by atoms with E-state index in [9.17, 15) is 10.1 Å². The second-order valence-corrected chi connectivity index (χ2v) is 4.90. The molecule has 0 N–H and O–H groups in total. The Balaban J connectivity index is 2.41. The van der Waals surface area contributed by atoms with Gasteiger partial charge in [0.15, 0.2) is 0 Å². The summed E-state index contributed by atoms with van der Waals surface area (Å²) in [5.41, 5.74) is 0.720. The number of hydrogen-bond donors (Lipinski definition) is 0. The van der Waals surface area contributed by atoms with E-state index in [0.29, 0.717) is 16.7 Å². The molecule has 0 saturated heterocycles. The molecule has 0 amide bonds. The highest BCUT2D eigenvalue weighted by molar-refractivity contribution is 9.10. The molecule has 19 heavy (non-hydrogen) atoms.